The molecule has 0 spiro atoms. The summed E-state index contributed by atoms with van der Waals surface area (Å²) >= 11 is 0.914. The first-order valence-corrected chi connectivity index (χ1v) is 11.5. The van der Waals surface area contributed by atoms with Crippen molar-refractivity contribution >= 4 is 53.1 Å². The third-order valence-electron chi connectivity index (χ3n) is 4.61. The predicted molar refractivity (Wildman–Crippen MR) is 126 cm³/mol. The fraction of sp³-hybridized carbons (Fsp3) is 0.429. The van der Waals surface area contributed by atoms with Crippen LogP contribution in [0.25, 0.3) is 0 Å². The number of phenols is 1. The van der Waals surface area contributed by atoms with E-state index in [0.717, 1.165) is 11.8 Å². The highest BCUT2D eigenvalue weighted by Crippen LogP contribution is 2.31. The van der Waals surface area contributed by atoms with E-state index in [2.05, 4.69) is 16.0 Å². The molecule has 9 N–H and O–H groups in total. The molecule has 0 bridgehead atoms. The van der Waals surface area contributed by atoms with Gasteiger partial charge in [0.2, 0.25) is 17.7 Å². The first-order chi connectivity index (χ1) is 16.8. The van der Waals surface area contributed by atoms with Crippen molar-refractivity contribution < 1.29 is 49.2 Å². The standard InChI is InChI=1S/C21H28N4O10S/c1-10(26)23-11-2-5-15(27)16(8-11)36-9-14(21(34)35)25-18(29)7-4-13(20(32)33)24-17(28)6-3-12(22)19(30)31/h2,5,8,12-14,27H,3-4,6-7,9,22H2,1H3,(H,23,26)(H,24,28)(H,25,29)(H,30,31)(H,32,33)(H,34,35)/t12-,13-,14-/m0/s1. The molecule has 0 aliphatic heterocycles. The van der Waals surface area contributed by atoms with E-state index in [-0.39, 0.29) is 41.6 Å². The molecule has 1 rings (SSSR count). The Hall–Kier alpha value is -3.85. The normalized spacial score (nSPS) is 13.1. The molecule has 0 aromatic heterocycles. The number of carboxylic acid groups (broad SMARTS) is 3. The van der Waals surface area contributed by atoms with Gasteiger partial charge in [0, 0.05) is 31.2 Å². The second-order valence-corrected chi connectivity index (χ2v) is 8.68. The summed E-state index contributed by atoms with van der Waals surface area (Å²) in [6, 6.07) is 0.0705. The average molecular weight is 529 g/mol. The third kappa shape index (κ3) is 11.1. The Labute approximate surface area is 209 Å². The molecular weight excluding hydrogens is 500 g/mol. The van der Waals surface area contributed by atoms with E-state index >= 15 is 0 Å². The first kappa shape index (κ1) is 30.2. The number of amides is 3. The van der Waals surface area contributed by atoms with Crippen LogP contribution in [-0.4, -0.2) is 79.9 Å². The van der Waals surface area contributed by atoms with Crippen LogP contribution in [0.2, 0.25) is 0 Å². The SMILES string of the molecule is CC(=O)Nc1ccc(O)c(SC[C@H](NC(=O)CC[C@H](NC(=O)CC[C@H](N)C(=O)O)C(=O)O)C(=O)O)c1. The molecule has 0 radical (unpaired) electrons. The summed E-state index contributed by atoms with van der Waals surface area (Å²) in [7, 11) is 0. The van der Waals surface area contributed by atoms with E-state index < -0.39 is 54.3 Å². The van der Waals surface area contributed by atoms with Crippen LogP contribution in [0.3, 0.4) is 0 Å². The summed E-state index contributed by atoms with van der Waals surface area (Å²) in [4.78, 5) is 69.2. The molecule has 1 aromatic rings. The number of benzene rings is 1. The van der Waals surface area contributed by atoms with Gasteiger partial charge < -0.3 is 42.1 Å². The molecule has 14 nitrogen and oxygen atoms in total. The van der Waals surface area contributed by atoms with E-state index in [0.29, 0.717) is 5.69 Å². The third-order valence-corrected chi connectivity index (χ3v) is 5.75. The van der Waals surface area contributed by atoms with Crippen LogP contribution in [0.4, 0.5) is 5.69 Å². The van der Waals surface area contributed by atoms with E-state index in [1.165, 1.54) is 25.1 Å². The number of rotatable bonds is 15. The lowest BCUT2D eigenvalue weighted by Gasteiger charge is -2.17. The minimum Gasteiger partial charge on any atom is -0.507 e. The Kier molecular flexibility index (Phi) is 12.2. The number of carbonyl (C=O) groups excluding carboxylic acids is 3. The maximum atomic E-state index is 12.2. The highest BCUT2D eigenvalue weighted by molar-refractivity contribution is 7.99. The van der Waals surface area contributed by atoms with Crippen molar-refractivity contribution in [2.24, 2.45) is 5.73 Å². The molecule has 0 heterocycles. The lowest BCUT2D eigenvalue weighted by Crippen LogP contribution is -2.45. The van der Waals surface area contributed by atoms with Crippen molar-refractivity contribution in [3.63, 3.8) is 0 Å². The number of phenolic OH excluding ortho intramolecular Hbond substituents is 1. The molecule has 0 saturated carbocycles. The van der Waals surface area contributed by atoms with Crippen molar-refractivity contribution in [3.05, 3.63) is 18.2 Å². The van der Waals surface area contributed by atoms with Crippen LogP contribution in [0.5, 0.6) is 5.75 Å². The number of carbonyl (C=O) groups is 6. The lowest BCUT2D eigenvalue weighted by atomic mass is 10.1. The molecular formula is C21H28N4O10S. The van der Waals surface area contributed by atoms with Crippen LogP contribution in [0, 0.1) is 0 Å². The topological polar surface area (TPSA) is 245 Å². The van der Waals surface area contributed by atoms with E-state index in [1.54, 1.807) is 0 Å². The second kappa shape index (κ2) is 14.5. The Morgan fingerprint density at radius 2 is 1.44 bits per heavy atom. The number of aromatic hydroxyl groups is 1. The zero-order valence-electron chi connectivity index (χ0n) is 19.2. The summed E-state index contributed by atoms with van der Waals surface area (Å²) in [5, 5.41) is 44.3. The number of anilines is 1. The van der Waals surface area contributed by atoms with Gasteiger partial charge in [-0.05, 0) is 31.0 Å². The second-order valence-electron chi connectivity index (χ2n) is 7.61. The van der Waals surface area contributed by atoms with Crippen LogP contribution < -0.4 is 21.7 Å². The molecule has 0 aliphatic carbocycles. The summed E-state index contributed by atoms with van der Waals surface area (Å²) in [6.07, 6.45) is -1.33. The zero-order valence-corrected chi connectivity index (χ0v) is 20.0. The Morgan fingerprint density at radius 3 is 1.97 bits per heavy atom. The van der Waals surface area contributed by atoms with E-state index in [9.17, 15) is 44.1 Å². The fourth-order valence-electron chi connectivity index (χ4n) is 2.73. The van der Waals surface area contributed by atoms with Crippen molar-refractivity contribution in [2.45, 2.75) is 55.6 Å². The van der Waals surface area contributed by atoms with Crippen molar-refractivity contribution in [3.8, 4) is 5.75 Å². The first-order valence-electron chi connectivity index (χ1n) is 10.6. The fourth-order valence-corrected chi connectivity index (χ4v) is 3.73. The maximum Gasteiger partial charge on any atom is 0.327 e. The Morgan fingerprint density at radius 1 is 0.889 bits per heavy atom. The van der Waals surface area contributed by atoms with Gasteiger partial charge in [-0.2, -0.15) is 0 Å². The highest BCUT2D eigenvalue weighted by Gasteiger charge is 2.25. The van der Waals surface area contributed by atoms with E-state index in [4.69, 9.17) is 10.8 Å². The van der Waals surface area contributed by atoms with Gasteiger partial charge in [0.1, 0.15) is 23.9 Å². The summed E-state index contributed by atoms with van der Waals surface area (Å²) in [5.74, 6) is -6.35. The molecule has 36 heavy (non-hydrogen) atoms. The van der Waals surface area contributed by atoms with Crippen molar-refractivity contribution in [1.29, 1.82) is 0 Å². The number of nitrogens with one attached hydrogen (secondary N) is 3. The monoisotopic (exact) mass is 528 g/mol. The summed E-state index contributed by atoms with van der Waals surface area (Å²) in [5.41, 5.74) is 5.67. The molecule has 1 aromatic carbocycles. The summed E-state index contributed by atoms with van der Waals surface area (Å²) < 4.78 is 0. The molecule has 3 atom stereocenters. The van der Waals surface area contributed by atoms with Crippen LogP contribution in [0.1, 0.15) is 32.6 Å². The van der Waals surface area contributed by atoms with Gasteiger partial charge in [0.05, 0.1) is 4.90 Å². The lowest BCUT2D eigenvalue weighted by molar-refractivity contribution is -0.143. The maximum absolute atomic E-state index is 12.2. The highest BCUT2D eigenvalue weighted by atomic mass is 32.2. The van der Waals surface area contributed by atoms with Gasteiger partial charge in [-0.15, -0.1) is 11.8 Å². The minimum absolute atomic E-state index is 0.158. The molecule has 0 fully saturated rings. The van der Waals surface area contributed by atoms with E-state index in [1.807, 2.05) is 0 Å². The largest absolute Gasteiger partial charge is 0.507 e. The van der Waals surface area contributed by atoms with Gasteiger partial charge >= 0.3 is 17.9 Å². The Balaban J connectivity index is 2.65. The van der Waals surface area contributed by atoms with Gasteiger partial charge in [-0.1, -0.05) is 0 Å². The number of aliphatic carboxylic acids is 3. The van der Waals surface area contributed by atoms with Crippen LogP contribution in [0.15, 0.2) is 23.1 Å². The predicted octanol–water partition coefficient (Wildman–Crippen LogP) is -0.446. The van der Waals surface area contributed by atoms with Gasteiger partial charge in [-0.25, -0.2) is 9.59 Å². The van der Waals surface area contributed by atoms with Crippen molar-refractivity contribution in [1.82, 2.24) is 10.6 Å². The van der Waals surface area contributed by atoms with Gasteiger partial charge in [0.25, 0.3) is 0 Å². The number of hydrogen-bond acceptors (Lipinski definition) is 9. The average Bonchev–Trinajstić information content (AvgIpc) is 2.78. The smallest absolute Gasteiger partial charge is 0.327 e. The zero-order chi connectivity index (χ0) is 27.4. The van der Waals surface area contributed by atoms with Gasteiger partial charge in [0.15, 0.2) is 0 Å². The Bertz CT molecular complexity index is 1000. The number of nitrogens with two attached hydrogens (primary N) is 1. The van der Waals surface area contributed by atoms with Crippen molar-refractivity contribution in [2.75, 3.05) is 11.1 Å². The van der Waals surface area contributed by atoms with Gasteiger partial charge in [-0.3, -0.25) is 19.2 Å². The molecule has 15 heteroatoms. The minimum atomic E-state index is -1.46. The number of hydrogen-bond donors (Lipinski definition) is 8. The quantitative estimate of drug-likeness (QED) is 0.107. The molecule has 0 saturated heterocycles. The summed E-state index contributed by atoms with van der Waals surface area (Å²) in [6.45, 7) is 1.30. The molecule has 0 unspecified atom stereocenters. The number of carboxylic acids is 3. The van der Waals surface area contributed by atoms with Crippen LogP contribution in [-0.2, 0) is 28.8 Å². The molecule has 198 valence electrons. The van der Waals surface area contributed by atoms with Crippen LogP contribution >= 0.6 is 11.8 Å². The molecule has 3 amide bonds. The number of thioether (sulfide) groups is 1. The molecule has 0 aliphatic rings.